The maximum atomic E-state index is 6.86. The monoisotopic (exact) mass is 597 g/mol. The Balaban J connectivity index is 0.000000204. The molecule has 6 nitrogen and oxygen atoms in total. The second kappa shape index (κ2) is 18.2. The zero-order valence-electron chi connectivity index (χ0n) is 26.2. The van der Waals surface area contributed by atoms with Crippen molar-refractivity contribution in [2.45, 2.75) is 51.7 Å². The van der Waals surface area contributed by atoms with Crippen molar-refractivity contribution in [1.82, 2.24) is 0 Å². The van der Waals surface area contributed by atoms with Crippen LogP contribution in [0.15, 0.2) is 103 Å². The summed E-state index contributed by atoms with van der Waals surface area (Å²) in [6, 6.07) is 34.8. The van der Waals surface area contributed by atoms with Crippen LogP contribution in [0.2, 0.25) is 0 Å². The first kappa shape index (κ1) is 33.2. The maximum Gasteiger partial charge on any atom is 0.231 e. The average Bonchev–Trinajstić information content (AvgIpc) is 3.54. The molecule has 5 rings (SSSR count). The summed E-state index contributed by atoms with van der Waals surface area (Å²) in [4.78, 5) is 0. The summed E-state index contributed by atoms with van der Waals surface area (Å²) in [6.07, 6.45) is 4.38. The number of benzene rings is 4. The summed E-state index contributed by atoms with van der Waals surface area (Å²) < 4.78 is 27.6. The predicted molar refractivity (Wildman–Crippen MR) is 176 cm³/mol. The molecule has 0 amide bonds. The van der Waals surface area contributed by atoms with Crippen LogP contribution in [0.25, 0.3) is 0 Å². The molecule has 0 saturated heterocycles. The molecule has 234 valence electrons. The second-order valence-corrected chi connectivity index (χ2v) is 10.8. The van der Waals surface area contributed by atoms with Crippen molar-refractivity contribution < 1.29 is 23.7 Å². The SMILES string of the molecule is CCCCOCCOCCOCc1cc2c(cc1CCC)OCO2.NC(c1ccccc1)(c1ccccc1)c1ccccc1. The minimum atomic E-state index is -0.621. The number of rotatable bonds is 16. The smallest absolute Gasteiger partial charge is 0.231 e. The molecule has 1 aliphatic heterocycles. The molecule has 0 radical (unpaired) electrons. The van der Waals surface area contributed by atoms with Crippen molar-refractivity contribution in [3.63, 3.8) is 0 Å². The molecule has 4 aromatic carbocycles. The maximum absolute atomic E-state index is 6.86. The van der Waals surface area contributed by atoms with Crippen LogP contribution in [-0.4, -0.2) is 39.8 Å². The Morgan fingerprint density at radius 1 is 0.591 bits per heavy atom. The van der Waals surface area contributed by atoms with Crippen molar-refractivity contribution in [1.29, 1.82) is 0 Å². The van der Waals surface area contributed by atoms with Gasteiger partial charge in [0.05, 0.1) is 38.6 Å². The van der Waals surface area contributed by atoms with Crippen molar-refractivity contribution in [2.75, 3.05) is 39.8 Å². The lowest BCUT2D eigenvalue weighted by atomic mass is 9.78. The van der Waals surface area contributed by atoms with E-state index >= 15 is 0 Å². The van der Waals surface area contributed by atoms with Gasteiger partial charge in [0.15, 0.2) is 11.5 Å². The van der Waals surface area contributed by atoms with E-state index < -0.39 is 5.54 Å². The molecule has 0 bridgehead atoms. The zero-order valence-corrected chi connectivity index (χ0v) is 26.2. The summed E-state index contributed by atoms with van der Waals surface area (Å²) in [7, 11) is 0. The van der Waals surface area contributed by atoms with Crippen LogP contribution < -0.4 is 15.2 Å². The molecule has 0 atom stereocenters. The number of hydrogen-bond acceptors (Lipinski definition) is 6. The molecule has 0 aromatic heterocycles. The van der Waals surface area contributed by atoms with Crippen molar-refractivity contribution in [2.24, 2.45) is 5.73 Å². The van der Waals surface area contributed by atoms with Gasteiger partial charge < -0.3 is 29.4 Å². The van der Waals surface area contributed by atoms with E-state index in [0.29, 0.717) is 39.8 Å². The molecular weight excluding hydrogens is 550 g/mol. The highest BCUT2D eigenvalue weighted by molar-refractivity contribution is 5.49. The van der Waals surface area contributed by atoms with E-state index in [-0.39, 0.29) is 0 Å². The van der Waals surface area contributed by atoms with Crippen LogP contribution in [0.1, 0.15) is 60.9 Å². The first-order valence-electron chi connectivity index (χ1n) is 15.8. The van der Waals surface area contributed by atoms with E-state index in [1.807, 2.05) is 60.7 Å². The molecule has 0 saturated carbocycles. The van der Waals surface area contributed by atoms with Gasteiger partial charge in [0, 0.05) is 6.61 Å². The zero-order chi connectivity index (χ0) is 30.9. The number of aryl methyl sites for hydroxylation is 1. The highest BCUT2D eigenvalue weighted by Gasteiger charge is 2.31. The first-order valence-corrected chi connectivity index (χ1v) is 15.8. The van der Waals surface area contributed by atoms with Crippen LogP contribution in [-0.2, 0) is 32.8 Å². The van der Waals surface area contributed by atoms with Gasteiger partial charge in [-0.2, -0.15) is 0 Å². The Hall–Kier alpha value is -3.68. The molecule has 0 aliphatic carbocycles. The first-order chi connectivity index (χ1) is 21.7. The van der Waals surface area contributed by atoms with Gasteiger partial charge >= 0.3 is 0 Å². The summed E-state index contributed by atoms with van der Waals surface area (Å²) in [5.74, 6) is 1.66. The lowest BCUT2D eigenvalue weighted by molar-refractivity contribution is 0.0101. The molecule has 0 unspecified atom stereocenters. The van der Waals surface area contributed by atoms with Gasteiger partial charge in [-0.1, -0.05) is 118 Å². The number of nitrogens with two attached hydrogens (primary N) is 1. The summed E-state index contributed by atoms with van der Waals surface area (Å²) in [5, 5.41) is 0. The molecule has 6 heteroatoms. The van der Waals surface area contributed by atoms with Crippen LogP contribution in [0.5, 0.6) is 11.5 Å². The van der Waals surface area contributed by atoms with E-state index in [1.54, 1.807) is 0 Å². The predicted octanol–water partition coefficient (Wildman–Crippen LogP) is 7.65. The van der Waals surface area contributed by atoms with Crippen molar-refractivity contribution >= 4 is 0 Å². The van der Waals surface area contributed by atoms with Crippen LogP contribution in [0.4, 0.5) is 0 Å². The highest BCUT2D eigenvalue weighted by Crippen LogP contribution is 2.36. The minimum Gasteiger partial charge on any atom is -0.454 e. The summed E-state index contributed by atoms with van der Waals surface area (Å²) in [5.41, 5.74) is 12.0. The Bertz CT molecular complexity index is 1250. The second-order valence-electron chi connectivity index (χ2n) is 10.8. The van der Waals surface area contributed by atoms with Crippen molar-refractivity contribution in [3.8, 4) is 11.5 Å². The molecule has 0 fully saturated rings. The summed E-state index contributed by atoms with van der Waals surface area (Å²) in [6.45, 7) is 8.47. The van der Waals surface area contributed by atoms with Crippen LogP contribution in [0, 0.1) is 0 Å². The molecule has 2 N–H and O–H groups in total. The third-order valence-electron chi connectivity index (χ3n) is 7.55. The Morgan fingerprint density at radius 3 is 1.52 bits per heavy atom. The largest absolute Gasteiger partial charge is 0.454 e. The topological polar surface area (TPSA) is 72.2 Å². The summed E-state index contributed by atoms with van der Waals surface area (Å²) >= 11 is 0. The third kappa shape index (κ3) is 9.41. The van der Waals surface area contributed by atoms with Gasteiger partial charge in [0.2, 0.25) is 6.79 Å². The molecule has 1 heterocycles. The normalized spacial score (nSPS) is 12.1. The minimum absolute atomic E-state index is 0.305. The fourth-order valence-corrected chi connectivity index (χ4v) is 5.13. The third-order valence-corrected chi connectivity index (χ3v) is 7.55. The van der Waals surface area contributed by atoms with E-state index in [2.05, 4.69) is 56.3 Å². The number of ether oxygens (including phenoxy) is 5. The lowest BCUT2D eigenvalue weighted by Gasteiger charge is -2.31. The van der Waals surface area contributed by atoms with E-state index in [1.165, 1.54) is 11.1 Å². The van der Waals surface area contributed by atoms with Gasteiger partial charge in [-0.05, 0) is 52.8 Å². The van der Waals surface area contributed by atoms with Gasteiger partial charge in [-0.15, -0.1) is 0 Å². The number of hydrogen-bond donors (Lipinski definition) is 1. The molecular formula is C38H47NO5. The van der Waals surface area contributed by atoms with E-state index in [9.17, 15) is 0 Å². The molecule has 44 heavy (non-hydrogen) atoms. The van der Waals surface area contributed by atoms with Gasteiger partial charge in [-0.25, -0.2) is 0 Å². The Kier molecular flexibility index (Phi) is 13.7. The van der Waals surface area contributed by atoms with Gasteiger partial charge in [-0.3, -0.25) is 0 Å². The number of fused-ring (bicyclic) bond motifs is 1. The molecule has 4 aromatic rings. The fraction of sp³-hybridized carbons (Fsp3) is 0.368. The van der Waals surface area contributed by atoms with Gasteiger partial charge in [0.25, 0.3) is 0 Å². The van der Waals surface area contributed by atoms with Crippen LogP contribution >= 0.6 is 0 Å². The van der Waals surface area contributed by atoms with Gasteiger partial charge in [0.1, 0.15) is 0 Å². The van der Waals surface area contributed by atoms with E-state index in [4.69, 9.17) is 29.4 Å². The lowest BCUT2D eigenvalue weighted by Crippen LogP contribution is -2.39. The number of unbranched alkanes of at least 4 members (excludes halogenated alkanes) is 1. The fourth-order valence-electron chi connectivity index (χ4n) is 5.13. The average molecular weight is 598 g/mol. The molecule has 1 aliphatic rings. The standard InChI is InChI=1S/C19H17N.C19H30O5/c20-19(16-10-4-1-5-11-16,17-12-6-2-7-13-17)18-14-8-3-9-15-18;1-3-5-7-20-8-9-21-10-11-22-14-17-13-19-18(23-15-24-19)12-16(17)6-4-2/h1-15H,20H2;12-13H,3-11,14-15H2,1-2H3. The highest BCUT2D eigenvalue weighted by atomic mass is 16.7. The Morgan fingerprint density at radius 2 is 1.05 bits per heavy atom. The quantitative estimate of drug-likeness (QED) is 0.106. The molecule has 0 spiro atoms. The van der Waals surface area contributed by atoms with Crippen molar-refractivity contribution in [3.05, 3.63) is 131 Å². The van der Waals surface area contributed by atoms with E-state index in [0.717, 1.165) is 60.5 Å². The Labute approximate surface area is 263 Å². The van der Waals surface area contributed by atoms with Crippen LogP contribution in [0.3, 0.4) is 0 Å².